The molecule has 21 heavy (non-hydrogen) atoms. The molecule has 0 bridgehead atoms. The summed E-state index contributed by atoms with van der Waals surface area (Å²) in [6.45, 7) is 5.25. The summed E-state index contributed by atoms with van der Waals surface area (Å²) < 4.78 is 5.63. The van der Waals surface area contributed by atoms with Crippen molar-refractivity contribution in [2.24, 2.45) is 0 Å². The number of aryl methyl sites for hydroxylation is 2. The minimum Gasteiger partial charge on any atom is -0.431 e. The maximum atomic E-state index is 11.2. The molecule has 1 aromatic carbocycles. The van der Waals surface area contributed by atoms with E-state index in [0.717, 1.165) is 0 Å². The number of aromatic nitrogens is 2. The highest BCUT2D eigenvalue weighted by atomic mass is 35.5. The quantitative estimate of drug-likeness (QED) is 0.484. The summed E-state index contributed by atoms with van der Waals surface area (Å²) in [6, 6.07) is 4.88. The van der Waals surface area contributed by atoms with Crippen LogP contribution < -0.4 is 4.74 Å². The van der Waals surface area contributed by atoms with Crippen molar-refractivity contribution in [1.29, 1.82) is 0 Å². The number of nitrogens with zero attached hydrogens (tertiary/aromatic N) is 3. The highest BCUT2D eigenvalue weighted by Crippen LogP contribution is 2.35. The summed E-state index contributed by atoms with van der Waals surface area (Å²) in [7, 11) is 0. The van der Waals surface area contributed by atoms with E-state index in [1.807, 2.05) is 6.92 Å². The van der Waals surface area contributed by atoms with Gasteiger partial charge in [-0.1, -0.05) is 30.7 Å². The second kappa shape index (κ2) is 6.05. The molecule has 0 aliphatic carbocycles. The van der Waals surface area contributed by atoms with Crippen molar-refractivity contribution in [2.45, 2.75) is 27.2 Å². The maximum Gasteiger partial charge on any atom is 0.314 e. The topological polar surface area (TPSA) is 78.2 Å². The molecular formula is C14H14ClN3O3. The Morgan fingerprint density at radius 1 is 1.33 bits per heavy atom. The molecule has 0 unspecified atom stereocenters. The number of para-hydroxylation sites is 1. The van der Waals surface area contributed by atoms with Crippen molar-refractivity contribution in [3.63, 3.8) is 0 Å². The van der Waals surface area contributed by atoms with Gasteiger partial charge in [-0.3, -0.25) is 10.1 Å². The van der Waals surface area contributed by atoms with Crippen LogP contribution in [0.5, 0.6) is 11.6 Å². The predicted octanol–water partition coefficient (Wildman–Crippen LogP) is 4.01. The van der Waals surface area contributed by atoms with Gasteiger partial charge in [0.25, 0.3) is 0 Å². The van der Waals surface area contributed by atoms with Gasteiger partial charge in [0.1, 0.15) is 11.0 Å². The number of rotatable bonds is 4. The number of halogens is 1. The van der Waals surface area contributed by atoms with Gasteiger partial charge in [-0.15, -0.1) is 0 Å². The fraction of sp³-hybridized carbons (Fsp3) is 0.286. The first-order valence-corrected chi connectivity index (χ1v) is 6.76. The summed E-state index contributed by atoms with van der Waals surface area (Å²) in [4.78, 5) is 19.1. The van der Waals surface area contributed by atoms with Crippen molar-refractivity contribution in [2.75, 3.05) is 0 Å². The Morgan fingerprint density at radius 3 is 2.67 bits per heavy atom. The van der Waals surface area contributed by atoms with Crippen LogP contribution in [0.3, 0.4) is 0 Å². The molecule has 0 saturated heterocycles. The van der Waals surface area contributed by atoms with E-state index in [9.17, 15) is 10.1 Å². The van der Waals surface area contributed by atoms with Crippen LogP contribution in [0.2, 0.25) is 5.15 Å². The molecule has 6 nitrogen and oxygen atoms in total. The normalized spacial score (nSPS) is 10.5. The van der Waals surface area contributed by atoms with E-state index in [1.165, 1.54) is 6.07 Å². The third-order valence-corrected chi connectivity index (χ3v) is 3.36. The summed E-state index contributed by atoms with van der Waals surface area (Å²) in [5, 5.41) is 11.5. The van der Waals surface area contributed by atoms with E-state index >= 15 is 0 Å². The lowest BCUT2D eigenvalue weighted by atomic mass is 10.2. The van der Waals surface area contributed by atoms with E-state index in [0.29, 0.717) is 23.4 Å². The van der Waals surface area contributed by atoms with Crippen molar-refractivity contribution >= 4 is 17.3 Å². The van der Waals surface area contributed by atoms with Crippen molar-refractivity contribution in [1.82, 2.24) is 9.97 Å². The van der Waals surface area contributed by atoms with Crippen LogP contribution in [0.4, 0.5) is 5.69 Å². The van der Waals surface area contributed by atoms with Gasteiger partial charge in [0.2, 0.25) is 11.6 Å². The molecule has 7 heteroatoms. The van der Waals surface area contributed by atoms with Crippen molar-refractivity contribution in [3.05, 3.63) is 50.4 Å². The third-order valence-electron chi connectivity index (χ3n) is 2.99. The molecule has 0 spiro atoms. The molecule has 0 aliphatic heterocycles. The Balaban J connectivity index is 2.51. The number of hydrogen-bond acceptors (Lipinski definition) is 5. The molecule has 0 radical (unpaired) electrons. The highest BCUT2D eigenvalue weighted by Gasteiger charge is 2.20. The second-order valence-corrected chi connectivity index (χ2v) is 4.85. The van der Waals surface area contributed by atoms with E-state index in [-0.39, 0.29) is 22.5 Å². The Morgan fingerprint density at radius 2 is 2.05 bits per heavy atom. The lowest BCUT2D eigenvalue weighted by molar-refractivity contribution is -0.386. The van der Waals surface area contributed by atoms with Gasteiger partial charge >= 0.3 is 5.69 Å². The highest BCUT2D eigenvalue weighted by molar-refractivity contribution is 6.30. The SMILES string of the molecule is CCc1nc(Cl)c(C)c(Oc2cccc(C)c2[N+](=O)[O-])n1. The molecule has 2 aromatic rings. The zero-order valence-electron chi connectivity index (χ0n) is 11.9. The molecule has 0 atom stereocenters. The van der Waals surface area contributed by atoms with Gasteiger partial charge < -0.3 is 4.74 Å². The van der Waals surface area contributed by atoms with Crippen LogP contribution in [0.25, 0.3) is 0 Å². The van der Waals surface area contributed by atoms with Crippen LogP contribution in [0.1, 0.15) is 23.9 Å². The largest absolute Gasteiger partial charge is 0.431 e. The van der Waals surface area contributed by atoms with E-state index < -0.39 is 4.92 Å². The lowest BCUT2D eigenvalue weighted by Gasteiger charge is -2.10. The number of ether oxygens (including phenoxy) is 1. The molecule has 2 rings (SSSR count). The standard InChI is InChI=1S/C14H14ClN3O3/c1-4-11-16-13(15)9(3)14(17-11)21-10-7-5-6-8(2)12(10)18(19)20/h5-7H,4H2,1-3H3. The molecule has 110 valence electrons. The monoisotopic (exact) mass is 307 g/mol. The van der Waals surface area contributed by atoms with Crippen LogP contribution in [-0.4, -0.2) is 14.9 Å². The Kier molecular flexibility index (Phi) is 4.37. The Hall–Kier alpha value is -2.21. The number of nitro benzene ring substituents is 1. The van der Waals surface area contributed by atoms with Gasteiger partial charge in [0, 0.05) is 17.5 Å². The molecule has 1 heterocycles. The maximum absolute atomic E-state index is 11.2. The van der Waals surface area contributed by atoms with Crippen molar-refractivity contribution < 1.29 is 9.66 Å². The molecule has 0 saturated carbocycles. The second-order valence-electron chi connectivity index (χ2n) is 4.50. The predicted molar refractivity (Wildman–Crippen MR) is 79.1 cm³/mol. The first-order chi connectivity index (χ1) is 9.93. The summed E-state index contributed by atoms with van der Waals surface area (Å²) >= 11 is 6.03. The Labute approximate surface area is 126 Å². The average molecular weight is 308 g/mol. The first kappa shape index (κ1) is 15.2. The van der Waals surface area contributed by atoms with Gasteiger partial charge in [-0.05, 0) is 19.9 Å². The molecule has 1 aromatic heterocycles. The van der Waals surface area contributed by atoms with E-state index in [2.05, 4.69) is 9.97 Å². The number of hydrogen-bond donors (Lipinski definition) is 0. The van der Waals surface area contributed by atoms with Crippen molar-refractivity contribution in [3.8, 4) is 11.6 Å². The number of nitro groups is 1. The van der Waals surface area contributed by atoms with Crippen LogP contribution in [0, 0.1) is 24.0 Å². The first-order valence-electron chi connectivity index (χ1n) is 6.39. The fourth-order valence-electron chi connectivity index (χ4n) is 1.82. The smallest absolute Gasteiger partial charge is 0.314 e. The van der Waals surface area contributed by atoms with Gasteiger partial charge in [0.05, 0.1) is 4.92 Å². The third kappa shape index (κ3) is 3.11. The molecule has 0 fully saturated rings. The zero-order valence-corrected chi connectivity index (χ0v) is 12.6. The molecule has 0 aliphatic rings. The van der Waals surface area contributed by atoms with Gasteiger partial charge in [-0.25, -0.2) is 4.98 Å². The van der Waals surface area contributed by atoms with Gasteiger partial charge in [0.15, 0.2) is 0 Å². The van der Waals surface area contributed by atoms with Crippen LogP contribution in [0.15, 0.2) is 18.2 Å². The number of benzene rings is 1. The molecule has 0 N–H and O–H groups in total. The molecular weight excluding hydrogens is 294 g/mol. The summed E-state index contributed by atoms with van der Waals surface area (Å²) in [6.07, 6.45) is 0.590. The van der Waals surface area contributed by atoms with E-state index in [1.54, 1.807) is 26.0 Å². The van der Waals surface area contributed by atoms with Crippen LogP contribution >= 0.6 is 11.6 Å². The minimum absolute atomic E-state index is 0.0790. The fourth-order valence-corrected chi connectivity index (χ4v) is 2.00. The van der Waals surface area contributed by atoms with E-state index in [4.69, 9.17) is 16.3 Å². The summed E-state index contributed by atoms with van der Waals surface area (Å²) in [5.74, 6) is 0.899. The zero-order chi connectivity index (χ0) is 15.6. The van der Waals surface area contributed by atoms with Crippen LogP contribution in [-0.2, 0) is 6.42 Å². The summed E-state index contributed by atoms with van der Waals surface area (Å²) in [5.41, 5.74) is 0.986. The average Bonchev–Trinajstić information content (AvgIpc) is 2.43. The lowest BCUT2D eigenvalue weighted by Crippen LogP contribution is -2.02. The van der Waals surface area contributed by atoms with Gasteiger partial charge in [-0.2, -0.15) is 4.98 Å². The minimum atomic E-state index is -0.469. The Bertz CT molecular complexity index is 704. The molecule has 0 amide bonds.